The molecule has 0 aliphatic carbocycles. The van der Waals surface area contributed by atoms with Gasteiger partial charge in [0.1, 0.15) is 17.5 Å². The van der Waals surface area contributed by atoms with Crippen LogP contribution in [-0.4, -0.2) is 33.2 Å². The summed E-state index contributed by atoms with van der Waals surface area (Å²) in [5.74, 6) is -0.581. The van der Waals surface area contributed by atoms with Crippen LogP contribution in [0.2, 0.25) is 0 Å². The quantitative estimate of drug-likeness (QED) is 0.240. The van der Waals surface area contributed by atoms with Crippen LogP contribution in [0, 0.1) is 0 Å². The van der Waals surface area contributed by atoms with Crippen molar-refractivity contribution < 1.29 is 24.6 Å². The minimum atomic E-state index is -0.872. The van der Waals surface area contributed by atoms with Crippen LogP contribution in [0.1, 0.15) is 24.1 Å². The van der Waals surface area contributed by atoms with Gasteiger partial charge in [0.15, 0.2) is 0 Å². The van der Waals surface area contributed by atoms with Gasteiger partial charge in [0.25, 0.3) is 0 Å². The fourth-order valence-corrected chi connectivity index (χ4v) is 2.27. The molecule has 1 aromatic heterocycles. The molecule has 1 heterocycles. The molecule has 1 aromatic carbocycles. The molecule has 0 fully saturated rings. The Bertz CT molecular complexity index is 731. The first-order valence-corrected chi connectivity index (χ1v) is 8.11. The number of hydrogen-bond donors (Lipinski definition) is 4. The van der Waals surface area contributed by atoms with Gasteiger partial charge >= 0.3 is 5.97 Å². The van der Waals surface area contributed by atoms with Gasteiger partial charge in [-0.1, -0.05) is 12.1 Å². The molecule has 0 radical (unpaired) electrons. The normalized spacial score (nSPS) is 11.6. The molecular weight excluding hydrogens is 338 g/mol. The molecule has 0 aliphatic rings. The number of amides is 1. The van der Waals surface area contributed by atoms with Crippen molar-refractivity contribution in [3.05, 3.63) is 53.9 Å². The van der Waals surface area contributed by atoms with Crippen molar-refractivity contribution in [1.82, 2.24) is 10.5 Å². The number of pyridine rings is 1. The number of nitrogens with one attached hydrogen (secondary N) is 1. The Morgan fingerprint density at radius 1 is 1.19 bits per heavy atom. The Labute approximate surface area is 150 Å². The minimum absolute atomic E-state index is 0.0435. The van der Waals surface area contributed by atoms with E-state index in [0.717, 1.165) is 5.56 Å². The monoisotopic (exact) mass is 359 g/mol. The van der Waals surface area contributed by atoms with E-state index in [1.807, 2.05) is 0 Å². The number of hydrogen-bond acceptors (Lipinski definition) is 7. The highest BCUT2D eigenvalue weighted by Gasteiger charge is 2.17. The van der Waals surface area contributed by atoms with Crippen LogP contribution in [-0.2, 0) is 22.4 Å². The van der Waals surface area contributed by atoms with Gasteiger partial charge in [-0.3, -0.25) is 15.0 Å². The highest BCUT2D eigenvalue weighted by Crippen LogP contribution is 2.15. The second-order valence-electron chi connectivity index (χ2n) is 5.77. The molecule has 1 unspecified atom stereocenters. The lowest BCUT2D eigenvalue weighted by atomic mass is 10.1. The van der Waals surface area contributed by atoms with Gasteiger partial charge in [-0.25, -0.2) is 10.3 Å². The average molecular weight is 359 g/mol. The van der Waals surface area contributed by atoms with E-state index in [9.17, 15) is 14.7 Å². The van der Waals surface area contributed by atoms with E-state index in [2.05, 4.69) is 4.98 Å². The highest BCUT2D eigenvalue weighted by atomic mass is 16.5. The molecule has 2 rings (SSSR count). The standard InChI is InChI=1S/C18H21N3O5/c19-16(10-13-6-7-14(22)11-20-13)18(24)26-15-8-4-12(5-9-15)2-1-3-17(23)21-25/h4-9,11,16,22,25H,1-3,10,19H2,(H,21,23). The van der Waals surface area contributed by atoms with Crippen LogP contribution < -0.4 is 16.0 Å². The van der Waals surface area contributed by atoms with Crippen molar-refractivity contribution in [3.8, 4) is 11.5 Å². The number of esters is 1. The van der Waals surface area contributed by atoms with Crippen molar-refractivity contribution >= 4 is 11.9 Å². The Balaban J connectivity index is 1.82. The predicted octanol–water partition coefficient (Wildman–Crippen LogP) is 1.09. The zero-order valence-electron chi connectivity index (χ0n) is 14.1. The highest BCUT2D eigenvalue weighted by molar-refractivity contribution is 5.78. The smallest absolute Gasteiger partial charge is 0.328 e. The van der Waals surface area contributed by atoms with Gasteiger partial charge < -0.3 is 15.6 Å². The molecule has 1 amide bonds. The van der Waals surface area contributed by atoms with E-state index in [0.29, 0.717) is 24.3 Å². The Hall–Kier alpha value is -2.97. The van der Waals surface area contributed by atoms with E-state index < -0.39 is 17.9 Å². The number of aromatic nitrogens is 1. The number of nitrogens with zero attached hydrogens (tertiary/aromatic N) is 1. The largest absolute Gasteiger partial charge is 0.506 e. The van der Waals surface area contributed by atoms with Crippen molar-refractivity contribution in [2.75, 3.05) is 0 Å². The van der Waals surface area contributed by atoms with Gasteiger partial charge in [0.05, 0.1) is 6.20 Å². The first kappa shape index (κ1) is 19.4. The summed E-state index contributed by atoms with van der Waals surface area (Å²) >= 11 is 0. The van der Waals surface area contributed by atoms with Crippen LogP contribution in [0.5, 0.6) is 11.5 Å². The third-order valence-corrected chi connectivity index (χ3v) is 3.68. The minimum Gasteiger partial charge on any atom is -0.506 e. The van der Waals surface area contributed by atoms with E-state index in [1.54, 1.807) is 35.8 Å². The number of nitrogens with two attached hydrogens (primary N) is 1. The molecule has 2 aromatic rings. The second-order valence-corrected chi connectivity index (χ2v) is 5.77. The van der Waals surface area contributed by atoms with E-state index in [1.165, 1.54) is 12.3 Å². The number of hydroxylamine groups is 1. The summed E-state index contributed by atoms with van der Waals surface area (Å²) in [6.45, 7) is 0. The Morgan fingerprint density at radius 2 is 1.92 bits per heavy atom. The molecule has 0 spiro atoms. The molecular formula is C18H21N3O5. The van der Waals surface area contributed by atoms with Crippen LogP contribution in [0.25, 0.3) is 0 Å². The number of rotatable bonds is 8. The molecule has 8 heteroatoms. The van der Waals surface area contributed by atoms with Crippen LogP contribution >= 0.6 is 0 Å². The van der Waals surface area contributed by atoms with Crippen LogP contribution in [0.4, 0.5) is 0 Å². The number of aromatic hydroxyl groups is 1. The number of benzene rings is 1. The lowest BCUT2D eigenvalue weighted by Crippen LogP contribution is -2.36. The molecule has 8 nitrogen and oxygen atoms in total. The zero-order valence-corrected chi connectivity index (χ0v) is 14.1. The van der Waals surface area contributed by atoms with Gasteiger partial charge in [0, 0.05) is 18.5 Å². The first-order chi connectivity index (χ1) is 12.5. The molecule has 0 aliphatic heterocycles. The number of carbonyl (C=O) groups excluding carboxylic acids is 2. The van der Waals surface area contributed by atoms with Crippen molar-refractivity contribution in [1.29, 1.82) is 0 Å². The van der Waals surface area contributed by atoms with Crippen LogP contribution in [0.3, 0.4) is 0 Å². The van der Waals surface area contributed by atoms with Gasteiger partial charge in [0.2, 0.25) is 5.91 Å². The maximum Gasteiger partial charge on any atom is 0.328 e. The topological polar surface area (TPSA) is 135 Å². The lowest BCUT2D eigenvalue weighted by molar-refractivity contribution is -0.135. The molecule has 138 valence electrons. The maximum atomic E-state index is 12.1. The number of aryl methyl sites for hydroxylation is 1. The zero-order chi connectivity index (χ0) is 18.9. The summed E-state index contributed by atoms with van der Waals surface area (Å²) in [6, 6.07) is 9.11. The summed E-state index contributed by atoms with van der Waals surface area (Å²) in [5.41, 5.74) is 8.98. The van der Waals surface area contributed by atoms with Crippen molar-refractivity contribution in [3.63, 3.8) is 0 Å². The van der Waals surface area contributed by atoms with Gasteiger partial charge in [-0.2, -0.15) is 0 Å². The van der Waals surface area contributed by atoms with Crippen LogP contribution in [0.15, 0.2) is 42.6 Å². The summed E-state index contributed by atoms with van der Waals surface area (Å²) in [4.78, 5) is 27.0. The van der Waals surface area contributed by atoms with Gasteiger partial charge in [-0.05, 0) is 42.7 Å². The third kappa shape index (κ3) is 6.15. The predicted molar refractivity (Wildman–Crippen MR) is 92.5 cm³/mol. The van der Waals surface area contributed by atoms with Crippen molar-refractivity contribution in [2.24, 2.45) is 5.73 Å². The molecule has 26 heavy (non-hydrogen) atoms. The fraction of sp³-hybridized carbons (Fsp3) is 0.278. The number of ether oxygens (including phenoxy) is 1. The number of carbonyl (C=O) groups is 2. The Morgan fingerprint density at radius 3 is 2.54 bits per heavy atom. The second kappa shape index (κ2) is 9.50. The van der Waals surface area contributed by atoms with Crippen molar-refractivity contribution in [2.45, 2.75) is 31.7 Å². The molecule has 0 saturated heterocycles. The molecule has 0 bridgehead atoms. The average Bonchev–Trinajstić information content (AvgIpc) is 2.64. The SMILES string of the molecule is NC(Cc1ccc(O)cn1)C(=O)Oc1ccc(CCCC(=O)NO)cc1. The molecule has 5 N–H and O–H groups in total. The summed E-state index contributed by atoms with van der Waals surface area (Å²) < 4.78 is 5.25. The van der Waals surface area contributed by atoms with E-state index >= 15 is 0 Å². The maximum absolute atomic E-state index is 12.1. The van der Waals surface area contributed by atoms with E-state index in [-0.39, 0.29) is 18.6 Å². The van der Waals surface area contributed by atoms with E-state index in [4.69, 9.17) is 15.7 Å². The molecule has 0 saturated carbocycles. The summed E-state index contributed by atoms with van der Waals surface area (Å²) in [7, 11) is 0. The third-order valence-electron chi connectivity index (χ3n) is 3.68. The molecule has 1 atom stereocenters. The lowest BCUT2D eigenvalue weighted by Gasteiger charge is -2.11. The first-order valence-electron chi connectivity index (χ1n) is 8.11. The summed E-state index contributed by atoms with van der Waals surface area (Å²) in [6.07, 6.45) is 2.97. The summed E-state index contributed by atoms with van der Waals surface area (Å²) in [5, 5.41) is 17.6. The fourth-order valence-electron chi connectivity index (χ4n) is 2.27. The Kier molecular flexibility index (Phi) is 7.07. The van der Waals surface area contributed by atoms with Gasteiger partial charge in [-0.15, -0.1) is 0 Å².